The van der Waals surface area contributed by atoms with Crippen LogP contribution in [0.25, 0.3) is 0 Å². The summed E-state index contributed by atoms with van der Waals surface area (Å²) in [7, 11) is 1.91. The smallest absolute Gasteiger partial charge is 0.317 e. The molecule has 0 aromatic rings. The average molecular weight is 210 g/mol. The Morgan fingerprint density at radius 3 is 2.20 bits per heavy atom. The van der Waals surface area contributed by atoms with Crippen molar-refractivity contribution in [2.75, 3.05) is 7.05 Å². The third-order valence-corrected chi connectivity index (χ3v) is 3.92. The largest absolute Gasteiger partial charge is 0.335 e. The molecule has 3 heteroatoms. The maximum Gasteiger partial charge on any atom is 0.317 e. The summed E-state index contributed by atoms with van der Waals surface area (Å²) in [4.78, 5) is 13.7. The third kappa shape index (κ3) is 2.64. The highest BCUT2D eigenvalue weighted by Crippen LogP contribution is 2.35. The molecule has 2 aliphatic carbocycles. The van der Waals surface area contributed by atoms with E-state index in [1.54, 1.807) is 0 Å². The number of nitrogens with zero attached hydrogens (tertiary/aromatic N) is 1. The van der Waals surface area contributed by atoms with Gasteiger partial charge in [-0.3, -0.25) is 0 Å². The van der Waals surface area contributed by atoms with Crippen LogP contribution in [-0.4, -0.2) is 30.1 Å². The standard InChI is InChI=1S/C12H22N2O/c1-8(10-4-5-10)13-12(15)14(3)9(2)11-6-7-11/h8-11H,4-7H2,1-3H3,(H,13,15)/t8-,9+/m0/s1. The number of urea groups is 1. The van der Waals surface area contributed by atoms with Crippen molar-refractivity contribution < 1.29 is 4.79 Å². The molecule has 0 bridgehead atoms. The number of nitrogens with one attached hydrogen (secondary N) is 1. The molecule has 0 radical (unpaired) electrons. The molecule has 0 aliphatic heterocycles. The fourth-order valence-electron chi connectivity index (χ4n) is 2.09. The Labute approximate surface area is 92.2 Å². The number of carbonyl (C=O) groups is 1. The first-order valence-electron chi connectivity index (χ1n) is 6.13. The molecule has 86 valence electrons. The van der Waals surface area contributed by atoms with E-state index < -0.39 is 0 Å². The highest BCUT2D eigenvalue weighted by molar-refractivity contribution is 5.74. The Kier molecular flexibility index (Phi) is 2.89. The van der Waals surface area contributed by atoms with Gasteiger partial charge in [-0.05, 0) is 51.4 Å². The van der Waals surface area contributed by atoms with E-state index >= 15 is 0 Å². The number of hydrogen-bond donors (Lipinski definition) is 1. The van der Waals surface area contributed by atoms with Gasteiger partial charge in [0, 0.05) is 19.1 Å². The van der Waals surface area contributed by atoms with E-state index in [0.717, 1.165) is 11.8 Å². The minimum atomic E-state index is 0.105. The van der Waals surface area contributed by atoms with Crippen LogP contribution >= 0.6 is 0 Å². The predicted octanol–water partition coefficient (Wildman–Crippen LogP) is 2.22. The van der Waals surface area contributed by atoms with Crippen LogP contribution in [0.2, 0.25) is 0 Å². The molecule has 3 nitrogen and oxygen atoms in total. The van der Waals surface area contributed by atoms with Crippen LogP contribution < -0.4 is 5.32 Å². The zero-order valence-corrected chi connectivity index (χ0v) is 9.99. The maximum absolute atomic E-state index is 11.9. The fraction of sp³-hybridized carbons (Fsp3) is 0.917. The van der Waals surface area contributed by atoms with Crippen molar-refractivity contribution in [1.29, 1.82) is 0 Å². The lowest BCUT2D eigenvalue weighted by atomic mass is 10.2. The molecule has 1 N–H and O–H groups in total. The highest BCUT2D eigenvalue weighted by atomic mass is 16.2. The lowest BCUT2D eigenvalue weighted by Gasteiger charge is -2.27. The number of carbonyl (C=O) groups excluding carboxylic acids is 1. The van der Waals surface area contributed by atoms with Crippen molar-refractivity contribution >= 4 is 6.03 Å². The molecule has 0 heterocycles. The minimum absolute atomic E-state index is 0.105. The second-order valence-corrected chi connectivity index (χ2v) is 5.26. The van der Waals surface area contributed by atoms with E-state index in [-0.39, 0.29) is 6.03 Å². The first-order valence-corrected chi connectivity index (χ1v) is 6.13. The lowest BCUT2D eigenvalue weighted by molar-refractivity contribution is 0.183. The van der Waals surface area contributed by atoms with E-state index in [1.807, 2.05) is 11.9 Å². The van der Waals surface area contributed by atoms with Gasteiger partial charge in [0.2, 0.25) is 0 Å². The van der Waals surface area contributed by atoms with Gasteiger partial charge in [-0.25, -0.2) is 4.79 Å². The van der Waals surface area contributed by atoms with E-state index in [1.165, 1.54) is 25.7 Å². The summed E-state index contributed by atoms with van der Waals surface area (Å²) in [6.45, 7) is 4.27. The molecular weight excluding hydrogens is 188 g/mol. The molecule has 2 aliphatic rings. The van der Waals surface area contributed by atoms with Crippen molar-refractivity contribution in [3.63, 3.8) is 0 Å². The molecule has 15 heavy (non-hydrogen) atoms. The molecule has 2 saturated carbocycles. The minimum Gasteiger partial charge on any atom is -0.335 e. The van der Waals surface area contributed by atoms with Gasteiger partial charge in [0.1, 0.15) is 0 Å². The van der Waals surface area contributed by atoms with E-state index in [0.29, 0.717) is 12.1 Å². The molecule has 0 unspecified atom stereocenters. The van der Waals surface area contributed by atoms with Gasteiger partial charge in [-0.15, -0.1) is 0 Å². The molecule has 0 aromatic carbocycles. The van der Waals surface area contributed by atoms with Gasteiger partial charge in [0.15, 0.2) is 0 Å². The van der Waals surface area contributed by atoms with Crippen LogP contribution in [0.5, 0.6) is 0 Å². The predicted molar refractivity (Wildman–Crippen MR) is 60.7 cm³/mol. The van der Waals surface area contributed by atoms with Gasteiger partial charge in [-0.1, -0.05) is 0 Å². The van der Waals surface area contributed by atoms with Crippen LogP contribution in [0.15, 0.2) is 0 Å². The Balaban J connectivity index is 1.77. The summed E-state index contributed by atoms with van der Waals surface area (Å²) < 4.78 is 0. The van der Waals surface area contributed by atoms with Crippen LogP contribution in [0.4, 0.5) is 4.79 Å². The molecule has 2 atom stereocenters. The lowest BCUT2D eigenvalue weighted by Crippen LogP contribution is -2.46. The highest BCUT2D eigenvalue weighted by Gasteiger charge is 2.34. The number of hydrogen-bond acceptors (Lipinski definition) is 1. The summed E-state index contributed by atoms with van der Waals surface area (Å²) in [5.74, 6) is 1.48. The molecule has 0 spiro atoms. The Hall–Kier alpha value is -0.730. The molecule has 0 saturated heterocycles. The number of amides is 2. The Bertz CT molecular complexity index is 246. The van der Waals surface area contributed by atoms with Crippen molar-refractivity contribution in [1.82, 2.24) is 10.2 Å². The molecule has 2 amide bonds. The zero-order chi connectivity index (χ0) is 11.0. The monoisotopic (exact) mass is 210 g/mol. The van der Waals surface area contributed by atoms with E-state index in [4.69, 9.17) is 0 Å². The fourth-order valence-corrected chi connectivity index (χ4v) is 2.09. The quantitative estimate of drug-likeness (QED) is 0.758. The average Bonchev–Trinajstić information content (AvgIpc) is 3.07. The van der Waals surface area contributed by atoms with Crippen molar-refractivity contribution in [3.05, 3.63) is 0 Å². The summed E-state index contributed by atoms with van der Waals surface area (Å²) in [5.41, 5.74) is 0. The summed E-state index contributed by atoms with van der Waals surface area (Å²) in [6.07, 6.45) is 5.14. The summed E-state index contributed by atoms with van der Waals surface area (Å²) in [6, 6.07) is 0.858. The topological polar surface area (TPSA) is 32.3 Å². The molecule has 2 rings (SSSR count). The van der Waals surface area contributed by atoms with E-state index in [2.05, 4.69) is 19.2 Å². The summed E-state index contributed by atoms with van der Waals surface area (Å²) in [5, 5.41) is 3.09. The van der Waals surface area contributed by atoms with Gasteiger partial charge in [0.05, 0.1) is 0 Å². The molecular formula is C12H22N2O. The van der Waals surface area contributed by atoms with Crippen LogP contribution in [0.3, 0.4) is 0 Å². The SMILES string of the molecule is C[C@H](NC(=O)N(C)[C@H](C)C1CC1)C1CC1. The normalized spacial score (nSPS) is 24.5. The van der Waals surface area contributed by atoms with Crippen molar-refractivity contribution in [3.8, 4) is 0 Å². The van der Waals surface area contributed by atoms with Crippen molar-refractivity contribution in [2.24, 2.45) is 11.8 Å². The summed E-state index contributed by atoms with van der Waals surface area (Å²) >= 11 is 0. The zero-order valence-electron chi connectivity index (χ0n) is 9.99. The van der Waals surface area contributed by atoms with Crippen LogP contribution in [-0.2, 0) is 0 Å². The maximum atomic E-state index is 11.9. The van der Waals surface area contributed by atoms with Gasteiger partial charge >= 0.3 is 6.03 Å². The van der Waals surface area contributed by atoms with Crippen LogP contribution in [0.1, 0.15) is 39.5 Å². The first kappa shape index (κ1) is 10.8. The number of rotatable bonds is 4. The van der Waals surface area contributed by atoms with Gasteiger partial charge in [0.25, 0.3) is 0 Å². The third-order valence-electron chi connectivity index (χ3n) is 3.92. The van der Waals surface area contributed by atoms with Crippen LogP contribution in [0, 0.1) is 11.8 Å². The Morgan fingerprint density at radius 1 is 1.20 bits per heavy atom. The second kappa shape index (κ2) is 4.03. The van der Waals surface area contributed by atoms with Crippen molar-refractivity contribution in [2.45, 2.75) is 51.6 Å². The molecule has 0 aromatic heterocycles. The second-order valence-electron chi connectivity index (χ2n) is 5.26. The Morgan fingerprint density at radius 2 is 1.73 bits per heavy atom. The van der Waals surface area contributed by atoms with Gasteiger partial charge < -0.3 is 10.2 Å². The van der Waals surface area contributed by atoms with E-state index in [9.17, 15) is 4.79 Å². The molecule has 2 fully saturated rings. The van der Waals surface area contributed by atoms with Gasteiger partial charge in [-0.2, -0.15) is 0 Å². The first-order chi connectivity index (χ1) is 7.09.